The first-order chi connectivity index (χ1) is 19.8. The van der Waals surface area contributed by atoms with Crippen LogP contribution in [0.4, 0.5) is 27.5 Å². The highest BCUT2D eigenvalue weighted by molar-refractivity contribution is 7.92. The number of nitrogens with zero attached hydrogens (tertiary/aromatic N) is 1. The molecule has 0 saturated heterocycles. The Morgan fingerprint density at radius 1 is 1.00 bits per heavy atom. The van der Waals surface area contributed by atoms with E-state index in [0.717, 1.165) is 33.7 Å². The molecule has 42 heavy (non-hydrogen) atoms. The number of aromatic nitrogens is 1. The van der Waals surface area contributed by atoms with Crippen LogP contribution in [0.2, 0.25) is 0 Å². The number of sulfonamides is 1. The van der Waals surface area contributed by atoms with Crippen LogP contribution in [0.15, 0.2) is 60.8 Å². The lowest BCUT2D eigenvalue weighted by molar-refractivity contribution is -0.118. The molecule has 0 unspecified atom stereocenters. The van der Waals surface area contributed by atoms with E-state index in [-0.39, 0.29) is 29.4 Å². The van der Waals surface area contributed by atoms with Gasteiger partial charge in [-0.2, -0.15) is 0 Å². The Balaban J connectivity index is 1.48. The van der Waals surface area contributed by atoms with E-state index in [1.807, 2.05) is 51.1 Å². The number of carbonyl (C=O) groups excluding carboxylic acids is 2. The van der Waals surface area contributed by atoms with Gasteiger partial charge in [-0.1, -0.05) is 51.1 Å². The van der Waals surface area contributed by atoms with Crippen LogP contribution in [0.5, 0.6) is 11.6 Å². The summed E-state index contributed by atoms with van der Waals surface area (Å²) in [5.74, 6) is 0.291. The minimum atomic E-state index is -3.62. The SMILES string of the molecule is COc1c(NC(=O)Nc2ccc(-c3cnc4c(c3)NC(=O)CO4)c3ccccc23)cc(C(C)(C)C)cc1NS(C)(=O)=O. The Bertz CT molecular complexity index is 1830. The standard InChI is InChI=1S/C30H31N5O6S/c1-30(2,3)18-13-23(27(40-4)24(14-18)35-42(5,38)39)34-29(37)33-22-11-10-19(20-8-6-7-9-21(20)22)17-12-25-28(31-15-17)41-16-26(36)32-25/h6-15,35H,16H2,1-5H3,(H,32,36)(H2,33,34,37). The highest BCUT2D eigenvalue weighted by atomic mass is 32.2. The molecule has 0 aliphatic carbocycles. The van der Waals surface area contributed by atoms with Gasteiger partial charge in [0.25, 0.3) is 5.91 Å². The van der Waals surface area contributed by atoms with Gasteiger partial charge in [-0.25, -0.2) is 18.2 Å². The highest BCUT2D eigenvalue weighted by Crippen LogP contribution is 2.40. The molecule has 5 rings (SSSR count). The molecule has 12 heteroatoms. The van der Waals surface area contributed by atoms with Crippen LogP contribution >= 0.6 is 0 Å². The Morgan fingerprint density at radius 2 is 1.69 bits per heavy atom. The molecule has 1 aliphatic heterocycles. The van der Waals surface area contributed by atoms with Gasteiger partial charge in [-0.15, -0.1) is 0 Å². The Hall–Kier alpha value is -4.84. The van der Waals surface area contributed by atoms with Gasteiger partial charge in [0.1, 0.15) is 5.69 Å². The zero-order valence-corrected chi connectivity index (χ0v) is 24.6. The maximum Gasteiger partial charge on any atom is 0.323 e. The monoisotopic (exact) mass is 589 g/mol. The number of amides is 3. The van der Waals surface area contributed by atoms with Crippen molar-refractivity contribution in [1.29, 1.82) is 0 Å². The third-order valence-corrected chi connectivity index (χ3v) is 7.24. The topological polar surface area (TPSA) is 148 Å². The average molecular weight is 590 g/mol. The first-order valence-corrected chi connectivity index (χ1v) is 14.9. The number of hydrogen-bond acceptors (Lipinski definition) is 7. The van der Waals surface area contributed by atoms with E-state index in [4.69, 9.17) is 9.47 Å². The number of rotatable bonds is 6. The van der Waals surface area contributed by atoms with Crippen LogP contribution in [0.25, 0.3) is 21.9 Å². The van der Waals surface area contributed by atoms with Crippen LogP contribution in [0, 0.1) is 0 Å². The van der Waals surface area contributed by atoms with Crippen LogP contribution < -0.4 is 30.1 Å². The van der Waals surface area contributed by atoms with Crippen molar-refractivity contribution in [2.24, 2.45) is 0 Å². The number of carbonyl (C=O) groups is 2. The molecule has 0 radical (unpaired) electrons. The fraction of sp³-hybridized carbons (Fsp3) is 0.233. The largest absolute Gasteiger partial charge is 0.492 e. The van der Waals surface area contributed by atoms with Crippen molar-refractivity contribution in [2.75, 3.05) is 40.6 Å². The first-order valence-electron chi connectivity index (χ1n) is 13.1. The van der Waals surface area contributed by atoms with Gasteiger partial charge in [-0.3, -0.25) is 9.52 Å². The van der Waals surface area contributed by atoms with Crippen molar-refractivity contribution in [1.82, 2.24) is 4.98 Å². The maximum atomic E-state index is 13.3. The summed E-state index contributed by atoms with van der Waals surface area (Å²) in [6.07, 6.45) is 2.73. The summed E-state index contributed by atoms with van der Waals surface area (Å²) in [6, 6.07) is 15.9. The zero-order chi connectivity index (χ0) is 30.2. The van der Waals surface area contributed by atoms with Crippen molar-refractivity contribution >= 4 is 55.5 Å². The second-order valence-corrected chi connectivity index (χ2v) is 12.7. The Morgan fingerprint density at radius 3 is 2.38 bits per heavy atom. The fourth-order valence-electron chi connectivity index (χ4n) is 4.71. The van der Waals surface area contributed by atoms with Gasteiger partial charge in [0, 0.05) is 17.1 Å². The summed E-state index contributed by atoms with van der Waals surface area (Å²) in [6.45, 7) is 5.87. The molecule has 0 saturated carbocycles. The molecule has 218 valence electrons. The normalized spacial score (nSPS) is 13.0. The maximum absolute atomic E-state index is 13.3. The van der Waals surface area contributed by atoms with Crippen LogP contribution in [0.1, 0.15) is 26.3 Å². The summed E-state index contributed by atoms with van der Waals surface area (Å²) < 4.78 is 37.5. The van der Waals surface area contributed by atoms with E-state index in [1.165, 1.54) is 7.11 Å². The van der Waals surface area contributed by atoms with Crippen LogP contribution in [0.3, 0.4) is 0 Å². The number of urea groups is 1. The number of methoxy groups -OCH3 is 1. The number of pyridine rings is 1. The van der Waals surface area contributed by atoms with Gasteiger partial charge < -0.3 is 25.4 Å². The second kappa shape index (κ2) is 10.9. The lowest BCUT2D eigenvalue weighted by Gasteiger charge is -2.24. The summed E-state index contributed by atoms with van der Waals surface area (Å²) in [4.78, 5) is 29.5. The van der Waals surface area contributed by atoms with E-state index in [0.29, 0.717) is 22.9 Å². The van der Waals surface area contributed by atoms with Gasteiger partial charge >= 0.3 is 6.03 Å². The van der Waals surface area contributed by atoms with Gasteiger partial charge in [-0.05, 0) is 46.2 Å². The lowest BCUT2D eigenvalue weighted by atomic mass is 9.86. The van der Waals surface area contributed by atoms with Crippen molar-refractivity contribution in [2.45, 2.75) is 26.2 Å². The van der Waals surface area contributed by atoms with Crippen molar-refractivity contribution in [3.63, 3.8) is 0 Å². The lowest BCUT2D eigenvalue weighted by Crippen LogP contribution is -2.25. The van der Waals surface area contributed by atoms with Crippen LogP contribution in [-0.2, 0) is 20.2 Å². The van der Waals surface area contributed by atoms with Crippen molar-refractivity contribution in [3.8, 4) is 22.8 Å². The highest BCUT2D eigenvalue weighted by Gasteiger charge is 2.23. The minimum absolute atomic E-state index is 0.0768. The number of nitrogens with one attached hydrogen (secondary N) is 4. The molecule has 11 nitrogen and oxygen atoms in total. The molecule has 3 aromatic carbocycles. The summed E-state index contributed by atoms with van der Waals surface area (Å²) in [5.41, 5.74) is 3.63. The van der Waals surface area contributed by atoms with E-state index in [1.54, 1.807) is 30.5 Å². The van der Waals surface area contributed by atoms with E-state index in [9.17, 15) is 18.0 Å². The third-order valence-electron chi connectivity index (χ3n) is 6.65. The fourth-order valence-corrected chi connectivity index (χ4v) is 5.26. The molecule has 4 N–H and O–H groups in total. The molecule has 0 bridgehead atoms. The zero-order valence-electron chi connectivity index (χ0n) is 23.8. The van der Waals surface area contributed by atoms with E-state index in [2.05, 4.69) is 25.7 Å². The summed E-state index contributed by atoms with van der Waals surface area (Å²) in [7, 11) is -2.21. The van der Waals surface area contributed by atoms with Crippen molar-refractivity contribution in [3.05, 3.63) is 66.4 Å². The van der Waals surface area contributed by atoms with Crippen LogP contribution in [-0.4, -0.2) is 45.3 Å². The van der Waals surface area contributed by atoms with Crippen molar-refractivity contribution < 1.29 is 27.5 Å². The van der Waals surface area contributed by atoms with Gasteiger partial charge in [0.2, 0.25) is 15.9 Å². The molecule has 4 aromatic rings. The predicted octanol–water partition coefficient (Wildman–Crippen LogP) is 5.55. The molecule has 2 heterocycles. The van der Waals surface area contributed by atoms with Gasteiger partial charge in [0.05, 0.1) is 30.4 Å². The van der Waals surface area contributed by atoms with E-state index < -0.39 is 16.1 Å². The van der Waals surface area contributed by atoms with Gasteiger partial charge in [0.15, 0.2) is 12.4 Å². The minimum Gasteiger partial charge on any atom is -0.492 e. The number of fused-ring (bicyclic) bond motifs is 2. The Kier molecular flexibility index (Phi) is 7.42. The summed E-state index contributed by atoms with van der Waals surface area (Å²) in [5, 5.41) is 10.1. The molecular formula is C30H31N5O6S. The first kappa shape index (κ1) is 28.7. The molecule has 0 atom stereocenters. The number of anilines is 4. The Labute approximate surface area is 243 Å². The predicted molar refractivity (Wildman–Crippen MR) is 164 cm³/mol. The number of ether oxygens (including phenoxy) is 2. The molecule has 0 fully saturated rings. The quantitative estimate of drug-likeness (QED) is 0.230. The summed E-state index contributed by atoms with van der Waals surface area (Å²) >= 11 is 0. The number of hydrogen-bond donors (Lipinski definition) is 4. The molecular weight excluding hydrogens is 558 g/mol. The molecule has 3 amide bonds. The molecule has 1 aromatic heterocycles. The van der Waals surface area contributed by atoms with E-state index >= 15 is 0 Å². The third kappa shape index (κ3) is 6.08. The average Bonchev–Trinajstić information content (AvgIpc) is 2.91. The second-order valence-electron chi connectivity index (χ2n) is 10.9. The smallest absolute Gasteiger partial charge is 0.323 e. The molecule has 1 aliphatic rings. The molecule has 0 spiro atoms. The number of benzene rings is 3.